The number of carbonyl (C=O) groups excluding carboxylic acids is 2. The predicted octanol–water partition coefficient (Wildman–Crippen LogP) is 10.9. The zero-order valence-corrected chi connectivity index (χ0v) is 33.9. The molecule has 0 bridgehead atoms. The molecule has 0 spiro atoms. The largest absolute Gasteiger partial charge is 0.469 e. The third-order valence-electron chi connectivity index (χ3n) is 8.63. The van der Waals surface area contributed by atoms with Gasteiger partial charge in [-0.15, -0.1) is 0 Å². The number of hydrogen-bond donors (Lipinski definition) is 2. The third-order valence-corrected chi connectivity index (χ3v) is 9.11. The van der Waals surface area contributed by atoms with Crippen molar-refractivity contribution in [2.45, 2.75) is 213 Å². The molecule has 0 aromatic rings. The summed E-state index contributed by atoms with van der Waals surface area (Å²) in [5, 5.41) is 0. The Kier molecular flexibility index (Phi) is 39.0. The molecule has 2 N–H and O–H groups in total. The van der Waals surface area contributed by atoms with Gasteiger partial charge in [-0.05, 0) is 12.8 Å². The summed E-state index contributed by atoms with van der Waals surface area (Å²) in [5.41, 5.74) is 0. The first-order valence-electron chi connectivity index (χ1n) is 19.3. The summed E-state index contributed by atoms with van der Waals surface area (Å²) >= 11 is 0. The van der Waals surface area contributed by atoms with E-state index in [9.17, 15) is 14.2 Å². The van der Waals surface area contributed by atoms with Gasteiger partial charge in [0.15, 0.2) is 6.10 Å². The number of phosphoric ester groups is 1. The summed E-state index contributed by atoms with van der Waals surface area (Å²) < 4.78 is 26.3. The number of hydrogen-bond acceptors (Lipinski definition) is 6. The van der Waals surface area contributed by atoms with Gasteiger partial charge in [0.2, 0.25) is 0 Å². The SMILES string of the molecule is CCCCCCCCCCCCCCCCC(=O)OC[C@H](COP(=O)(O)O)OC(=O)CCCCCCCCCCCCCCCC.[Na]. The molecule has 0 fully saturated rings. The van der Waals surface area contributed by atoms with Crippen LogP contribution in [0.4, 0.5) is 0 Å². The van der Waals surface area contributed by atoms with E-state index >= 15 is 0 Å². The van der Waals surface area contributed by atoms with Gasteiger partial charge in [-0.1, -0.05) is 181 Å². The van der Waals surface area contributed by atoms with Crippen molar-refractivity contribution in [3.63, 3.8) is 0 Å². The van der Waals surface area contributed by atoms with E-state index in [0.29, 0.717) is 6.42 Å². The second-order valence-corrected chi connectivity index (χ2v) is 14.5. The van der Waals surface area contributed by atoms with Gasteiger partial charge in [0.25, 0.3) is 0 Å². The van der Waals surface area contributed by atoms with E-state index in [-0.39, 0.29) is 49.0 Å². The van der Waals surface area contributed by atoms with Crippen LogP contribution in [0.2, 0.25) is 0 Å². The fraction of sp³-hybridized carbons (Fsp3) is 0.946. The van der Waals surface area contributed by atoms with Crippen LogP contribution in [-0.2, 0) is 28.2 Å². The van der Waals surface area contributed by atoms with Crippen LogP contribution in [0.15, 0.2) is 0 Å². The summed E-state index contributed by atoms with van der Waals surface area (Å²) in [5.74, 6) is -0.871. The molecule has 0 unspecified atom stereocenters. The van der Waals surface area contributed by atoms with Gasteiger partial charge >= 0.3 is 19.8 Å². The minimum atomic E-state index is -4.74. The van der Waals surface area contributed by atoms with Crippen LogP contribution in [0.3, 0.4) is 0 Å². The van der Waals surface area contributed by atoms with Crippen LogP contribution in [0, 0.1) is 0 Å². The van der Waals surface area contributed by atoms with Crippen LogP contribution in [0.25, 0.3) is 0 Å². The molecule has 0 saturated carbocycles. The molecule has 0 aromatic carbocycles. The van der Waals surface area contributed by atoms with Crippen LogP contribution in [-0.4, -0.2) is 70.6 Å². The smallest absolute Gasteiger partial charge is 0.462 e. The number of unbranched alkanes of at least 4 members (excludes halogenated alkanes) is 26. The Bertz CT molecular complexity index is 733. The van der Waals surface area contributed by atoms with E-state index < -0.39 is 32.5 Å². The molecule has 0 amide bonds. The number of rotatable bonds is 36. The molecule has 0 heterocycles. The average Bonchev–Trinajstić information content (AvgIpc) is 3.02. The number of ether oxygens (including phenoxy) is 2. The first-order chi connectivity index (χ1) is 22.3. The first-order valence-corrected chi connectivity index (χ1v) is 20.9. The second kappa shape index (κ2) is 37.3. The summed E-state index contributed by atoms with van der Waals surface area (Å²) in [7, 11) is -4.74. The van der Waals surface area contributed by atoms with Crippen molar-refractivity contribution in [2.75, 3.05) is 13.2 Å². The molecule has 0 rings (SSSR count). The van der Waals surface area contributed by atoms with Crippen LogP contribution >= 0.6 is 7.82 Å². The number of phosphoric acid groups is 1. The van der Waals surface area contributed by atoms with E-state index in [0.717, 1.165) is 32.1 Å². The molecule has 8 nitrogen and oxygen atoms in total. The molecule has 0 aliphatic heterocycles. The molecule has 1 radical (unpaired) electrons. The van der Waals surface area contributed by atoms with Crippen molar-refractivity contribution in [1.29, 1.82) is 0 Å². The normalized spacial score (nSPS) is 12.1. The fourth-order valence-electron chi connectivity index (χ4n) is 5.73. The molecule has 0 aromatic heterocycles. The zero-order chi connectivity index (χ0) is 34.0. The predicted molar refractivity (Wildman–Crippen MR) is 194 cm³/mol. The Morgan fingerprint density at radius 2 is 0.787 bits per heavy atom. The molecule has 1 atom stereocenters. The Hall–Kier alpha value is 0.0500. The Morgan fingerprint density at radius 1 is 0.489 bits per heavy atom. The summed E-state index contributed by atoms with van der Waals surface area (Å²) in [6, 6.07) is 0. The standard InChI is InChI=1S/C37H73O8P.Na/c1-3-5-7-9-11-13-15-17-19-21-23-25-27-29-31-36(38)43-33-35(34-44-46(40,41)42)45-37(39)32-30-28-26-24-22-20-18-16-14-12-10-8-6-4-2;/h35H,3-34H2,1-2H3,(H2,40,41,42);/t35-;/m1./s1. The third kappa shape index (κ3) is 40.4. The van der Waals surface area contributed by atoms with Crippen LogP contribution in [0.5, 0.6) is 0 Å². The minimum Gasteiger partial charge on any atom is -0.462 e. The van der Waals surface area contributed by atoms with Crippen molar-refractivity contribution in [3.8, 4) is 0 Å². The Labute approximate surface area is 311 Å². The molecule has 0 aliphatic carbocycles. The topological polar surface area (TPSA) is 119 Å². The molecule has 0 aliphatic rings. The molecule has 0 saturated heterocycles. The van der Waals surface area contributed by atoms with Crippen molar-refractivity contribution >= 4 is 49.3 Å². The fourth-order valence-corrected chi connectivity index (χ4v) is 6.09. The zero-order valence-electron chi connectivity index (χ0n) is 31.0. The second-order valence-electron chi connectivity index (χ2n) is 13.3. The van der Waals surface area contributed by atoms with Gasteiger partial charge in [0, 0.05) is 42.4 Å². The van der Waals surface area contributed by atoms with Crippen molar-refractivity contribution in [1.82, 2.24) is 0 Å². The maximum atomic E-state index is 12.3. The first kappa shape index (κ1) is 49.2. The van der Waals surface area contributed by atoms with Crippen molar-refractivity contribution < 1.29 is 37.9 Å². The maximum Gasteiger partial charge on any atom is 0.469 e. The summed E-state index contributed by atoms with van der Waals surface area (Å²) in [6.07, 6.45) is 33.9. The van der Waals surface area contributed by atoms with Gasteiger partial charge in [-0.3, -0.25) is 14.1 Å². The van der Waals surface area contributed by atoms with Crippen LogP contribution in [0.1, 0.15) is 206 Å². The molecular weight excluding hydrogens is 626 g/mol. The quantitative estimate of drug-likeness (QED) is 0.0287. The number of esters is 2. The van der Waals surface area contributed by atoms with E-state index in [4.69, 9.17) is 19.3 Å². The van der Waals surface area contributed by atoms with Crippen molar-refractivity contribution in [3.05, 3.63) is 0 Å². The molecule has 10 heteroatoms. The summed E-state index contributed by atoms with van der Waals surface area (Å²) in [4.78, 5) is 42.7. The van der Waals surface area contributed by atoms with Gasteiger partial charge in [0.05, 0.1) is 6.61 Å². The molecular formula is C37H73NaO8P. The Balaban J connectivity index is 0. The van der Waals surface area contributed by atoms with Gasteiger partial charge < -0.3 is 19.3 Å². The maximum absolute atomic E-state index is 12.3. The molecule has 275 valence electrons. The summed E-state index contributed by atoms with van der Waals surface area (Å²) in [6.45, 7) is 3.70. The molecule has 47 heavy (non-hydrogen) atoms. The average molecular weight is 700 g/mol. The van der Waals surface area contributed by atoms with E-state index in [1.165, 1.54) is 141 Å². The van der Waals surface area contributed by atoms with Crippen LogP contribution < -0.4 is 0 Å². The number of carbonyl (C=O) groups is 2. The van der Waals surface area contributed by atoms with Gasteiger partial charge in [-0.25, -0.2) is 4.57 Å². The minimum absolute atomic E-state index is 0. The van der Waals surface area contributed by atoms with E-state index in [1.807, 2.05) is 0 Å². The van der Waals surface area contributed by atoms with Gasteiger partial charge in [0.1, 0.15) is 6.61 Å². The van der Waals surface area contributed by atoms with Gasteiger partial charge in [-0.2, -0.15) is 0 Å². The Morgan fingerprint density at radius 3 is 1.11 bits per heavy atom. The van der Waals surface area contributed by atoms with E-state index in [1.54, 1.807) is 0 Å². The monoisotopic (exact) mass is 699 g/mol. The van der Waals surface area contributed by atoms with Crippen molar-refractivity contribution in [2.24, 2.45) is 0 Å². The van der Waals surface area contributed by atoms with E-state index in [2.05, 4.69) is 18.4 Å².